The Hall–Kier alpha value is -5.00. The van der Waals surface area contributed by atoms with Gasteiger partial charge in [-0.15, -0.1) is 0 Å². The standard InChI is InChI=1S/C61H102N4O22/c1-14-19-72-21-22-73-20-18-62-58(71)46-35-50(77-29-23-74-26-32-80-59-52(63-41(9)66)38(6)37(5)47(15-2)85-59)57(79-31-25-76-28-34-82-61-54(65-43(11)68)56(84-45(13)70)40(8)49(17-4)87-61)51(36-46)78-30-24-75-27-33-81-60-53(64-42(10)67)55(83-44(12)69)39(7)48(16-3)86-60/h35-40,47-49,52-56,59-61H,14-34H2,1-13H3,(H,62,71)(H,63,66)(H,64,67)(H,65,68)/t37-,38+,39+,40+,47-,48-,49-,52-,53-,54-,55+,56+,59-,60-,61-/m1/s1. The van der Waals surface area contributed by atoms with Crippen LogP contribution < -0.4 is 35.5 Å². The molecule has 15 atom stereocenters. The third-order valence-corrected chi connectivity index (χ3v) is 15.1. The number of nitrogens with one attached hydrogen (secondary N) is 4. The highest BCUT2D eigenvalue weighted by molar-refractivity contribution is 5.95. The Bertz CT molecular complexity index is 2210. The molecule has 3 saturated heterocycles. The van der Waals surface area contributed by atoms with Gasteiger partial charge >= 0.3 is 11.9 Å². The Kier molecular flexibility index (Phi) is 34.7. The summed E-state index contributed by atoms with van der Waals surface area (Å²) in [7, 11) is 0. The minimum absolute atomic E-state index is 0.0123. The normalized spacial score (nSPS) is 27.1. The van der Waals surface area contributed by atoms with Crippen molar-refractivity contribution in [2.24, 2.45) is 23.7 Å². The summed E-state index contributed by atoms with van der Waals surface area (Å²) < 4.78 is 96.5. The second-order valence-electron chi connectivity index (χ2n) is 21.9. The SMILES string of the molecule is CCCOCCOCCNC(=O)c1cc(OCCOCCO[C@@H]2O[C@H](CC)[C@H](C)[C@H](C)[C@H]2NC(C)=O)c(OCCOCCO[C@@H]2O[C@H](CC)[C@H](C)[C@H](OC(C)=O)[C@H]2NC(C)=O)c(OCCOCCO[C@@H]2O[C@H](CC)[C@H](C)[C@H](OC(C)=O)[C@H]2NC(C)=O)c1. The fraction of sp³-hybridized carbons (Fsp3) is 0.803. The van der Waals surface area contributed by atoms with Gasteiger partial charge in [-0.25, -0.2) is 0 Å². The second-order valence-corrected chi connectivity index (χ2v) is 21.9. The van der Waals surface area contributed by atoms with Crippen LogP contribution in [0, 0.1) is 23.7 Å². The lowest BCUT2D eigenvalue weighted by atomic mass is 9.81. The molecule has 0 spiro atoms. The lowest BCUT2D eigenvalue weighted by Crippen LogP contribution is -2.62. The van der Waals surface area contributed by atoms with Crippen molar-refractivity contribution in [1.29, 1.82) is 0 Å². The summed E-state index contributed by atoms with van der Waals surface area (Å²) in [4.78, 5) is 74.8. The van der Waals surface area contributed by atoms with Crippen LogP contribution >= 0.6 is 0 Å². The lowest BCUT2D eigenvalue weighted by molar-refractivity contribution is -0.256. The maximum Gasteiger partial charge on any atom is 0.302 e. The van der Waals surface area contributed by atoms with Gasteiger partial charge in [0.2, 0.25) is 23.5 Å². The van der Waals surface area contributed by atoms with E-state index in [1.165, 1.54) is 46.8 Å². The van der Waals surface area contributed by atoms with Gasteiger partial charge in [0, 0.05) is 65.2 Å². The number of carbonyl (C=O) groups is 6. The Morgan fingerprint density at radius 3 is 1.18 bits per heavy atom. The molecule has 87 heavy (non-hydrogen) atoms. The van der Waals surface area contributed by atoms with Gasteiger partial charge < -0.3 is 97.1 Å². The Morgan fingerprint density at radius 1 is 0.425 bits per heavy atom. The summed E-state index contributed by atoms with van der Waals surface area (Å²) in [5.74, 6) is -1.92. The van der Waals surface area contributed by atoms with Gasteiger partial charge in [0.15, 0.2) is 30.4 Å². The highest BCUT2D eigenvalue weighted by atomic mass is 16.7. The number of hydrogen-bond acceptors (Lipinski definition) is 22. The van der Waals surface area contributed by atoms with Crippen LogP contribution in [-0.4, -0.2) is 215 Å². The number of ether oxygens (including phenoxy) is 16. The third-order valence-electron chi connectivity index (χ3n) is 15.1. The number of rotatable bonds is 41. The van der Waals surface area contributed by atoms with Crippen LogP contribution in [0.5, 0.6) is 17.2 Å². The topological polar surface area (TPSA) is 298 Å². The first kappa shape index (κ1) is 74.5. The van der Waals surface area contributed by atoms with Crippen molar-refractivity contribution in [3.05, 3.63) is 17.7 Å². The quantitative estimate of drug-likeness (QED) is 0.0521. The van der Waals surface area contributed by atoms with Crippen molar-refractivity contribution in [2.45, 2.75) is 183 Å². The fourth-order valence-electron chi connectivity index (χ4n) is 10.7. The summed E-state index contributed by atoms with van der Waals surface area (Å²) in [6.45, 7) is 25.5. The van der Waals surface area contributed by atoms with Crippen molar-refractivity contribution in [3.63, 3.8) is 0 Å². The van der Waals surface area contributed by atoms with E-state index in [-0.39, 0.29) is 181 Å². The molecule has 26 heteroatoms. The van der Waals surface area contributed by atoms with E-state index in [4.69, 9.17) is 75.8 Å². The number of benzene rings is 1. The van der Waals surface area contributed by atoms with Crippen LogP contribution in [0.4, 0.5) is 0 Å². The molecule has 4 rings (SSSR count). The van der Waals surface area contributed by atoms with E-state index >= 15 is 0 Å². The van der Waals surface area contributed by atoms with E-state index in [9.17, 15) is 28.8 Å². The largest absolute Gasteiger partial charge is 0.487 e. The van der Waals surface area contributed by atoms with Crippen LogP contribution in [0.3, 0.4) is 0 Å². The molecule has 3 heterocycles. The van der Waals surface area contributed by atoms with Crippen molar-refractivity contribution in [1.82, 2.24) is 21.3 Å². The molecular formula is C61H102N4O22. The zero-order valence-electron chi connectivity index (χ0n) is 53.6. The van der Waals surface area contributed by atoms with Gasteiger partial charge in [0.25, 0.3) is 5.91 Å². The molecule has 26 nitrogen and oxygen atoms in total. The Morgan fingerprint density at radius 2 is 0.782 bits per heavy atom. The maximum absolute atomic E-state index is 13.8. The summed E-state index contributed by atoms with van der Waals surface area (Å²) in [5.41, 5.74) is 0.192. The molecule has 3 aliphatic rings. The molecule has 0 saturated carbocycles. The maximum atomic E-state index is 13.8. The first-order chi connectivity index (χ1) is 41.7. The molecule has 3 aliphatic heterocycles. The molecule has 3 fully saturated rings. The van der Waals surface area contributed by atoms with Crippen molar-refractivity contribution in [3.8, 4) is 17.2 Å². The zero-order chi connectivity index (χ0) is 63.8. The van der Waals surface area contributed by atoms with Crippen LogP contribution in [0.2, 0.25) is 0 Å². The summed E-state index contributed by atoms with van der Waals surface area (Å²) in [6.07, 6.45) is -1.61. The van der Waals surface area contributed by atoms with E-state index in [1.807, 2.05) is 34.6 Å². The average molecular weight is 1240 g/mol. The molecule has 4 N–H and O–H groups in total. The third kappa shape index (κ3) is 25.4. The van der Waals surface area contributed by atoms with E-state index in [1.54, 1.807) is 0 Å². The van der Waals surface area contributed by atoms with Gasteiger partial charge in [-0.2, -0.15) is 0 Å². The van der Waals surface area contributed by atoms with Crippen LogP contribution in [0.1, 0.15) is 126 Å². The summed E-state index contributed by atoms with van der Waals surface area (Å²) in [6, 6.07) is 1.20. The number of esters is 2. The predicted molar refractivity (Wildman–Crippen MR) is 315 cm³/mol. The first-order valence-electron chi connectivity index (χ1n) is 30.9. The van der Waals surface area contributed by atoms with Crippen molar-refractivity contribution < 1.29 is 105 Å². The molecule has 0 aliphatic carbocycles. The van der Waals surface area contributed by atoms with Gasteiger partial charge in [-0.1, -0.05) is 55.4 Å². The average Bonchev–Trinajstić information content (AvgIpc) is 2.52. The van der Waals surface area contributed by atoms with Crippen molar-refractivity contribution in [2.75, 3.05) is 112 Å². The smallest absolute Gasteiger partial charge is 0.302 e. The predicted octanol–water partition coefficient (Wildman–Crippen LogP) is 4.42. The minimum atomic E-state index is -0.929. The highest BCUT2D eigenvalue weighted by Crippen LogP contribution is 2.40. The van der Waals surface area contributed by atoms with Gasteiger partial charge in [0.05, 0.1) is 104 Å². The summed E-state index contributed by atoms with van der Waals surface area (Å²) in [5, 5.41) is 11.6. The van der Waals surface area contributed by atoms with Crippen molar-refractivity contribution >= 4 is 35.6 Å². The van der Waals surface area contributed by atoms with Gasteiger partial charge in [0.1, 0.15) is 44.1 Å². The molecule has 1 aromatic carbocycles. The zero-order valence-corrected chi connectivity index (χ0v) is 53.6. The second kappa shape index (κ2) is 40.6. The van der Waals surface area contributed by atoms with Crippen LogP contribution in [0.25, 0.3) is 0 Å². The van der Waals surface area contributed by atoms with Gasteiger partial charge in [-0.05, 0) is 49.7 Å². The highest BCUT2D eigenvalue weighted by Gasteiger charge is 2.48. The molecule has 4 amide bonds. The fourth-order valence-corrected chi connectivity index (χ4v) is 10.7. The van der Waals surface area contributed by atoms with Crippen LogP contribution in [0.15, 0.2) is 12.1 Å². The van der Waals surface area contributed by atoms with Gasteiger partial charge in [-0.3, -0.25) is 28.8 Å². The molecular weight excluding hydrogens is 1140 g/mol. The Balaban J connectivity index is 1.49. The van der Waals surface area contributed by atoms with E-state index in [2.05, 4.69) is 42.0 Å². The lowest BCUT2D eigenvalue weighted by Gasteiger charge is -2.44. The summed E-state index contributed by atoms with van der Waals surface area (Å²) >= 11 is 0. The molecule has 0 bridgehead atoms. The van der Waals surface area contributed by atoms with E-state index in [0.717, 1.165) is 12.8 Å². The van der Waals surface area contributed by atoms with E-state index in [0.29, 0.717) is 32.7 Å². The molecule has 0 unspecified atom stereocenters. The number of carbonyl (C=O) groups excluding carboxylic acids is 6. The molecule has 0 radical (unpaired) electrons. The minimum Gasteiger partial charge on any atom is -0.487 e. The Labute approximate surface area is 513 Å². The van der Waals surface area contributed by atoms with Crippen LogP contribution in [-0.2, 0) is 85.6 Å². The number of amides is 4. The monoisotopic (exact) mass is 1240 g/mol. The molecule has 1 aromatic rings. The number of hydrogen-bond donors (Lipinski definition) is 4. The molecule has 498 valence electrons. The molecule has 0 aromatic heterocycles. The van der Waals surface area contributed by atoms with E-state index < -0.39 is 61.0 Å². The first-order valence-corrected chi connectivity index (χ1v) is 30.9.